The van der Waals surface area contributed by atoms with Gasteiger partial charge in [0.1, 0.15) is 0 Å². The normalized spacial score (nSPS) is 21.5. The van der Waals surface area contributed by atoms with Crippen LogP contribution in [0.25, 0.3) is 0 Å². The van der Waals surface area contributed by atoms with Crippen LogP contribution in [0, 0.1) is 5.41 Å². The van der Waals surface area contributed by atoms with Crippen molar-refractivity contribution >= 4 is 0 Å². The third-order valence-corrected chi connectivity index (χ3v) is 3.85. The van der Waals surface area contributed by atoms with Crippen molar-refractivity contribution in [3.63, 3.8) is 0 Å². The van der Waals surface area contributed by atoms with E-state index < -0.39 is 0 Å². The first-order valence-electron chi connectivity index (χ1n) is 6.11. The summed E-state index contributed by atoms with van der Waals surface area (Å²) in [4.78, 5) is 0. The quantitative estimate of drug-likeness (QED) is 0.489. The molecule has 1 aliphatic carbocycles. The minimum atomic E-state index is 0.0551. The Kier molecular flexibility index (Phi) is 4.53. The van der Waals surface area contributed by atoms with Crippen LogP contribution >= 0.6 is 0 Å². The van der Waals surface area contributed by atoms with Crippen molar-refractivity contribution in [1.82, 2.24) is 5.32 Å². The summed E-state index contributed by atoms with van der Waals surface area (Å²) in [5, 5.41) is 3.54. The summed E-state index contributed by atoms with van der Waals surface area (Å²) in [5.74, 6) is 0. The number of ether oxygens (including phenoxy) is 1. The fraction of sp³-hybridized carbons (Fsp3) is 0.846. The lowest BCUT2D eigenvalue weighted by Crippen LogP contribution is -2.55. The Morgan fingerprint density at radius 1 is 1.56 bits per heavy atom. The zero-order chi connectivity index (χ0) is 12.2. The van der Waals surface area contributed by atoms with Crippen LogP contribution in [0.1, 0.15) is 33.6 Å². The molecule has 1 saturated carbocycles. The molecule has 1 unspecified atom stereocenters. The van der Waals surface area contributed by atoms with E-state index in [4.69, 9.17) is 10.5 Å². The molecule has 0 saturated heterocycles. The average molecular weight is 226 g/mol. The van der Waals surface area contributed by atoms with E-state index in [9.17, 15) is 0 Å². The summed E-state index contributed by atoms with van der Waals surface area (Å²) in [5.41, 5.74) is 7.38. The summed E-state index contributed by atoms with van der Waals surface area (Å²) in [6.07, 6.45) is 2.56. The van der Waals surface area contributed by atoms with Gasteiger partial charge >= 0.3 is 0 Å². The Morgan fingerprint density at radius 3 is 2.62 bits per heavy atom. The average Bonchev–Trinajstić information content (AvgIpc) is 2.97. The van der Waals surface area contributed by atoms with E-state index in [0.29, 0.717) is 18.6 Å². The molecule has 3 N–H and O–H groups in total. The van der Waals surface area contributed by atoms with E-state index in [1.807, 2.05) is 6.92 Å². The lowest BCUT2D eigenvalue weighted by Gasteiger charge is -2.36. The van der Waals surface area contributed by atoms with Gasteiger partial charge in [-0.3, -0.25) is 0 Å². The van der Waals surface area contributed by atoms with Crippen LogP contribution in [0.2, 0.25) is 0 Å². The molecular weight excluding hydrogens is 200 g/mol. The molecule has 1 fully saturated rings. The highest BCUT2D eigenvalue weighted by atomic mass is 16.5. The van der Waals surface area contributed by atoms with Crippen molar-refractivity contribution < 1.29 is 4.74 Å². The van der Waals surface area contributed by atoms with Gasteiger partial charge < -0.3 is 15.8 Å². The molecule has 3 heteroatoms. The second-order valence-corrected chi connectivity index (χ2v) is 5.53. The highest BCUT2D eigenvalue weighted by molar-refractivity contribution is 5.08. The van der Waals surface area contributed by atoms with E-state index >= 15 is 0 Å². The van der Waals surface area contributed by atoms with E-state index in [1.165, 1.54) is 12.8 Å². The maximum Gasteiger partial charge on any atom is 0.0672 e. The predicted octanol–water partition coefficient (Wildman–Crippen LogP) is 1.69. The topological polar surface area (TPSA) is 47.3 Å². The summed E-state index contributed by atoms with van der Waals surface area (Å²) in [6, 6.07) is 0. The minimum Gasteiger partial charge on any atom is -0.376 e. The molecule has 0 aromatic heterocycles. The third kappa shape index (κ3) is 3.30. The van der Waals surface area contributed by atoms with Crippen molar-refractivity contribution in [1.29, 1.82) is 0 Å². The summed E-state index contributed by atoms with van der Waals surface area (Å²) in [6.45, 7) is 13.2. The van der Waals surface area contributed by atoms with Crippen molar-refractivity contribution in [3.05, 3.63) is 12.2 Å². The molecule has 94 valence electrons. The van der Waals surface area contributed by atoms with Gasteiger partial charge in [-0.05, 0) is 32.1 Å². The van der Waals surface area contributed by atoms with Gasteiger partial charge in [-0.1, -0.05) is 19.1 Å². The smallest absolute Gasteiger partial charge is 0.0672 e. The Hall–Kier alpha value is -0.380. The molecule has 0 spiro atoms. The molecule has 16 heavy (non-hydrogen) atoms. The number of nitrogens with two attached hydrogens (primary N) is 1. The molecule has 1 aliphatic rings. The third-order valence-electron chi connectivity index (χ3n) is 3.85. The number of hydrogen-bond donors (Lipinski definition) is 2. The zero-order valence-electron chi connectivity index (χ0n) is 10.9. The van der Waals surface area contributed by atoms with Crippen LogP contribution in [0.5, 0.6) is 0 Å². The Morgan fingerprint density at radius 2 is 2.19 bits per heavy atom. The second-order valence-electron chi connectivity index (χ2n) is 5.53. The van der Waals surface area contributed by atoms with Crippen LogP contribution in [-0.2, 0) is 4.74 Å². The molecule has 0 heterocycles. The predicted molar refractivity (Wildman–Crippen MR) is 68.4 cm³/mol. The maximum absolute atomic E-state index is 5.88. The highest BCUT2D eigenvalue weighted by Gasteiger charge is 2.51. The van der Waals surface area contributed by atoms with Gasteiger partial charge in [-0.25, -0.2) is 0 Å². The summed E-state index contributed by atoms with van der Waals surface area (Å²) >= 11 is 0. The summed E-state index contributed by atoms with van der Waals surface area (Å²) in [7, 11) is 0. The fourth-order valence-corrected chi connectivity index (χ4v) is 1.92. The molecule has 0 bridgehead atoms. The molecule has 0 aliphatic heterocycles. The molecule has 0 amide bonds. The Bertz CT molecular complexity index is 248. The van der Waals surface area contributed by atoms with Crippen molar-refractivity contribution in [3.8, 4) is 0 Å². The zero-order valence-corrected chi connectivity index (χ0v) is 10.9. The van der Waals surface area contributed by atoms with Crippen LogP contribution in [0.15, 0.2) is 12.2 Å². The fourth-order valence-electron chi connectivity index (χ4n) is 1.92. The molecule has 3 nitrogen and oxygen atoms in total. The first-order valence-corrected chi connectivity index (χ1v) is 6.11. The van der Waals surface area contributed by atoms with Crippen LogP contribution < -0.4 is 11.1 Å². The van der Waals surface area contributed by atoms with Gasteiger partial charge in [0, 0.05) is 18.6 Å². The second kappa shape index (κ2) is 5.30. The molecule has 1 atom stereocenters. The summed E-state index contributed by atoms with van der Waals surface area (Å²) < 4.78 is 5.47. The van der Waals surface area contributed by atoms with Gasteiger partial charge in [0.15, 0.2) is 0 Å². The molecule has 0 aromatic carbocycles. The molecule has 1 rings (SSSR count). The van der Waals surface area contributed by atoms with E-state index in [2.05, 4.69) is 25.7 Å². The van der Waals surface area contributed by atoms with Crippen molar-refractivity contribution in [2.24, 2.45) is 11.1 Å². The first kappa shape index (κ1) is 13.7. The van der Waals surface area contributed by atoms with E-state index in [0.717, 1.165) is 18.7 Å². The first-order chi connectivity index (χ1) is 7.43. The van der Waals surface area contributed by atoms with Gasteiger partial charge in [0.25, 0.3) is 0 Å². The largest absolute Gasteiger partial charge is 0.376 e. The van der Waals surface area contributed by atoms with Gasteiger partial charge in [0.05, 0.1) is 13.2 Å². The van der Waals surface area contributed by atoms with Crippen LogP contribution in [0.4, 0.5) is 0 Å². The minimum absolute atomic E-state index is 0.0551. The van der Waals surface area contributed by atoms with Crippen molar-refractivity contribution in [2.45, 2.75) is 39.2 Å². The Balaban J connectivity index is 2.22. The van der Waals surface area contributed by atoms with Gasteiger partial charge in [-0.2, -0.15) is 0 Å². The highest BCUT2D eigenvalue weighted by Crippen LogP contribution is 2.53. The maximum atomic E-state index is 5.88. The SMILES string of the molecule is C=C(C)COCCNC(C)(CN)C1(C)CC1. The molecule has 0 aromatic rings. The number of nitrogens with one attached hydrogen (secondary N) is 1. The van der Waals surface area contributed by atoms with Crippen LogP contribution in [-0.4, -0.2) is 31.8 Å². The lowest BCUT2D eigenvalue weighted by molar-refractivity contribution is 0.138. The molecular formula is C13H26N2O. The van der Waals surface area contributed by atoms with Gasteiger partial charge in [-0.15, -0.1) is 0 Å². The monoisotopic (exact) mass is 226 g/mol. The molecule has 0 radical (unpaired) electrons. The van der Waals surface area contributed by atoms with Gasteiger partial charge in [0.2, 0.25) is 0 Å². The van der Waals surface area contributed by atoms with E-state index in [-0.39, 0.29) is 5.54 Å². The standard InChI is InChI=1S/C13H26N2O/c1-11(2)9-16-8-7-15-13(4,10-14)12(3)5-6-12/h15H,1,5-10,14H2,2-4H3. The Labute approximate surface area is 99.4 Å². The van der Waals surface area contributed by atoms with Crippen molar-refractivity contribution in [2.75, 3.05) is 26.3 Å². The number of rotatable bonds is 8. The van der Waals surface area contributed by atoms with Crippen LogP contribution in [0.3, 0.4) is 0 Å². The van der Waals surface area contributed by atoms with E-state index in [1.54, 1.807) is 0 Å². The lowest BCUT2D eigenvalue weighted by atomic mass is 9.84. The number of hydrogen-bond acceptors (Lipinski definition) is 3.